The molecule has 0 bridgehead atoms. The summed E-state index contributed by atoms with van der Waals surface area (Å²) in [6, 6.07) is 4.17. The Morgan fingerprint density at radius 1 is 1.41 bits per heavy atom. The van der Waals surface area contributed by atoms with Crippen LogP contribution in [-0.2, 0) is 13.1 Å². The number of rotatable bonds is 7. The van der Waals surface area contributed by atoms with E-state index < -0.39 is 0 Å². The topological polar surface area (TPSA) is 28.4 Å². The Kier molecular flexibility index (Phi) is 4.24. The summed E-state index contributed by atoms with van der Waals surface area (Å²) in [5, 5.41) is 3.27. The second-order valence-electron chi connectivity index (χ2n) is 5.32. The third-order valence-corrected chi connectivity index (χ3v) is 3.51. The number of nitrogens with one attached hydrogen (secondary N) is 1. The average Bonchev–Trinajstić information content (AvgIpc) is 2.78. The molecule has 0 radical (unpaired) electrons. The first-order valence-electron chi connectivity index (χ1n) is 6.66. The monoisotopic (exact) mass is 236 g/mol. The molecule has 1 aromatic heterocycles. The molecular formula is C14H24N2O. The maximum absolute atomic E-state index is 5.78. The fourth-order valence-electron chi connectivity index (χ4n) is 2.23. The van der Waals surface area contributed by atoms with Crippen LogP contribution in [0.15, 0.2) is 16.5 Å². The second-order valence-corrected chi connectivity index (χ2v) is 5.32. The van der Waals surface area contributed by atoms with Gasteiger partial charge in [0.25, 0.3) is 0 Å². The highest BCUT2D eigenvalue weighted by Crippen LogP contribution is 2.38. The first-order chi connectivity index (χ1) is 8.19. The van der Waals surface area contributed by atoms with Gasteiger partial charge in [-0.25, -0.2) is 0 Å². The Labute approximate surface area is 104 Å². The van der Waals surface area contributed by atoms with Crippen molar-refractivity contribution in [1.82, 2.24) is 10.2 Å². The molecule has 0 saturated heterocycles. The standard InChI is InChI=1S/C14H24N2O/c1-4-15-8-13-5-6-14(17-13)10-16(3)9-12-7-11(12)2/h5-6,11-12,15H,4,7-10H2,1-3H3. The van der Waals surface area contributed by atoms with Gasteiger partial charge >= 0.3 is 0 Å². The molecule has 3 nitrogen and oxygen atoms in total. The Morgan fingerprint density at radius 2 is 2.12 bits per heavy atom. The molecule has 2 rings (SSSR count). The summed E-state index contributed by atoms with van der Waals surface area (Å²) in [4.78, 5) is 2.37. The molecule has 1 heterocycles. The molecule has 0 aromatic carbocycles. The summed E-state index contributed by atoms with van der Waals surface area (Å²) in [6.07, 6.45) is 1.40. The van der Waals surface area contributed by atoms with Gasteiger partial charge in [0.15, 0.2) is 0 Å². The van der Waals surface area contributed by atoms with Crippen molar-refractivity contribution in [2.75, 3.05) is 20.1 Å². The third kappa shape index (κ3) is 3.86. The van der Waals surface area contributed by atoms with E-state index in [1.165, 1.54) is 13.0 Å². The van der Waals surface area contributed by atoms with Crippen LogP contribution >= 0.6 is 0 Å². The van der Waals surface area contributed by atoms with Crippen molar-refractivity contribution in [2.24, 2.45) is 11.8 Å². The molecule has 0 aliphatic heterocycles. The Bertz CT molecular complexity index is 348. The largest absolute Gasteiger partial charge is 0.463 e. The van der Waals surface area contributed by atoms with Crippen molar-refractivity contribution in [3.05, 3.63) is 23.7 Å². The zero-order chi connectivity index (χ0) is 12.3. The van der Waals surface area contributed by atoms with Crippen molar-refractivity contribution in [1.29, 1.82) is 0 Å². The van der Waals surface area contributed by atoms with Gasteiger partial charge in [-0.15, -0.1) is 0 Å². The minimum Gasteiger partial charge on any atom is -0.463 e. The zero-order valence-electron chi connectivity index (χ0n) is 11.2. The average molecular weight is 236 g/mol. The molecule has 0 amide bonds. The highest BCUT2D eigenvalue weighted by Gasteiger charge is 2.33. The first kappa shape index (κ1) is 12.7. The molecule has 17 heavy (non-hydrogen) atoms. The van der Waals surface area contributed by atoms with E-state index in [1.54, 1.807) is 0 Å². The Hall–Kier alpha value is -0.800. The quantitative estimate of drug-likeness (QED) is 0.788. The van der Waals surface area contributed by atoms with E-state index in [-0.39, 0.29) is 0 Å². The number of hydrogen-bond acceptors (Lipinski definition) is 3. The highest BCUT2D eigenvalue weighted by molar-refractivity contribution is 5.07. The minimum atomic E-state index is 0.833. The van der Waals surface area contributed by atoms with Gasteiger partial charge in [-0.3, -0.25) is 4.90 Å². The van der Waals surface area contributed by atoms with E-state index in [0.717, 1.165) is 43.0 Å². The highest BCUT2D eigenvalue weighted by atomic mass is 16.3. The van der Waals surface area contributed by atoms with E-state index in [9.17, 15) is 0 Å². The van der Waals surface area contributed by atoms with Gasteiger partial charge in [0.1, 0.15) is 11.5 Å². The number of hydrogen-bond donors (Lipinski definition) is 1. The van der Waals surface area contributed by atoms with Crippen molar-refractivity contribution in [2.45, 2.75) is 33.4 Å². The van der Waals surface area contributed by atoms with Crippen LogP contribution in [-0.4, -0.2) is 25.0 Å². The molecule has 1 saturated carbocycles. The predicted molar refractivity (Wildman–Crippen MR) is 69.7 cm³/mol. The lowest BCUT2D eigenvalue weighted by molar-refractivity contribution is 0.276. The molecule has 1 aromatic rings. The lowest BCUT2D eigenvalue weighted by atomic mass is 10.3. The SMILES string of the molecule is CCNCc1ccc(CN(C)CC2CC2C)o1. The number of furan rings is 1. The maximum atomic E-state index is 5.78. The molecule has 1 fully saturated rings. The van der Waals surface area contributed by atoms with Gasteiger partial charge in [0, 0.05) is 6.54 Å². The molecular weight excluding hydrogens is 212 g/mol. The fraction of sp³-hybridized carbons (Fsp3) is 0.714. The lowest BCUT2D eigenvalue weighted by Gasteiger charge is -2.14. The van der Waals surface area contributed by atoms with Crippen LogP contribution in [0.5, 0.6) is 0 Å². The fourth-order valence-corrected chi connectivity index (χ4v) is 2.23. The third-order valence-electron chi connectivity index (χ3n) is 3.51. The molecule has 1 N–H and O–H groups in total. The van der Waals surface area contributed by atoms with Crippen LogP contribution in [0.25, 0.3) is 0 Å². The summed E-state index contributed by atoms with van der Waals surface area (Å²) in [6.45, 7) is 8.38. The van der Waals surface area contributed by atoms with Crippen molar-refractivity contribution in [3.63, 3.8) is 0 Å². The Balaban J connectivity index is 1.75. The summed E-state index contributed by atoms with van der Waals surface area (Å²) in [7, 11) is 2.18. The molecule has 96 valence electrons. The molecule has 1 aliphatic rings. The summed E-state index contributed by atoms with van der Waals surface area (Å²) < 4.78 is 5.78. The van der Waals surface area contributed by atoms with Gasteiger partial charge in [-0.2, -0.15) is 0 Å². The van der Waals surface area contributed by atoms with E-state index in [0.29, 0.717) is 0 Å². The molecule has 2 unspecified atom stereocenters. The van der Waals surface area contributed by atoms with Gasteiger partial charge in [0.05, 0.1) is 13.1 Å². The van der Waals surface area contributed by atoms with Crippen LogP contribution in [0.2, 0.25) is 0 Å². The number of nitrogens with zero attached hydrogens (tertiary/aromatic N) is 1. The predicted octanol–water partition coefficient (Wildman–Crippen LogP) is 2.48. The van der Waals surface area contributed by atoms with Crippen molar-refractivity contribution >= 4 is 0 Å². The maximum Gasteiger partial charge on any atom is 0.118 e. The lowest BCUT2D eigenvalue weighted by Crippen LogP contribution is -2.20. The summed E-state index contributed by atoms with van der Waals surface area (Å²) in [5.41, 5.74) is 0. The van der Waals surface area contributed by atoms with Crippen molar-refractivity contribution < 1.29 is 4.42 Å². The first-order valence-corrected chi connectivity index (χ1v) is 6.66. The van der Waals surface area contributed by atoms with Gasteiger partial charge < -0.3 is 9.73 Å². The second kappa shape index (κ2) is 5.69. The molecule has 0 spiro atoms. The van der Waals surface area contributed by atoms with Crippen LogP contribution in [0, 0.1) is 11.8 Å². The molecule has 2 atom stereocenters. The van der Waals surface area contributed by atoms with Gasteiger partial charge in [0.2, 0.25) is 0 Å². The van der Waals surface area contributed by atoms with Crippen molar-refractivity contribution in [3.8, 4) is 0 Å². The summed E-state index contributed by atoms with van der Waals surface area (Å²) >= 11 is 0. The van der Waals surface area contributed by atoms with Gasteiger partial charge in [-0.1, -0.05) is 13.8 Å². The zero-order valence-corrected chi connectivity index (χ0v) is 11.2. The normalized spacial score (nSPS) is 23.3. The smallest absolute Gasteiger partial charge is 0.118 e. The van der Waals surface area contributed by atoms with Crippen LogP contribution in [0.1, 0.15) is 31.8 Å². The van der Waals surface area contributed by atoms with E-state index in [2.05, 4.69) is 43.2 Å². The summed E-state index contributed by atoms with van der Waals surface area (Å²) in [5.74, 6) is 3.96. The van der Waals surface area contributed by atoms with Gasteiger partial charge in [-0.05, 0) is 44.0 Å². The van der Waals surface area contributed by atoms with E-state index in [4.69, 9.17) is 4.42 Å². The minimum absolute atomic E-state index is 0.833. The Morgan fingerprint density at radius 3 is 2.76 bits per heavy atom. The van der Waals surface area contributed by atoms with Crippen LogP contribution in [0.3, 0.4) is 0 Å². The van der Waals surface area contributed by atoms with E-state index >= 15 is 0 Å². The van der Waals surface area contributed by atoms with E-state index in [1.807, 2.05) is 0 Å². The van der Waals surface area contributed by atoms with Crippen LogP contribution in [0.4, 0.5) is 0 Å². The molecule has 1 aliphatic carbocycles. The molecule has 3 heteroatoms. The van der Waals surface area contributed by atoms with Crippen LogP contribution < -0.4 is 5.32 Å².